The minimum absolute atomic E-state index is 0.0648. The lowest BCUT2D eigenvalue weighted by Crippen LogP contribution is -2.18. The molecule has 0 aromatic heterocycles. The molecule has 1 aliphatic rings. The Morgan fingerprint density at radius 2 is 2.09 bits per heavy atom. The van der Waals surface area contributed by atoms with Gasteiger partial charge in [-0.05, 0) is 0 Å². The van der Waals surface area contributed by atoms with Crippen LogP contribution < -0.4 is 0 Å². The van der Waals surface area contributed by atoms with Gasteiger partial charge in [0.05, 0.1) is 19.4 Å². The zero-order valence-electron chi connectivity index (χ0n) is 5.95. The molecule has 0 aliphatic carbocycles. The van der Waals surface area contributed by atoms with Gasteiger partial charge < -0.3 is 14.9 Å². The standard InChI is InChI=1S/C3H6O3.C3H4O2/c4-2-1-3(5)6;4-3-1-2-5-3/h4H,1-2H2,(H,5,6);1-2H2. The second-order valence-corrected chi connectivity index (χ2v) is 1.84. The molecule has 0 aromatic rings. The van der Waals surface area contributed by atoms with Crippen molar-refractivity contribution in [3.63, 3.8) is 0 Å². The molecule has 5 nitrogen and oxygen atoms in total. The van der Waals surface area contributed by atoms with E-state index in [9.17, 15) is 9.59 Å². The van der Waals surface area contributed by atoms with E-state index >= 15 is 0 Å². The molecule has 11 heavy (non-hydrogen) atoms. The maximum atomic E-state index is 9.68. The van der Waals surface area contributed by atoms with Gasteiger partial charge in [0.1, 0.15) is 6.61 Å². The maximum absolute atomic E-state index is 9.68. The van der Waals surface area contributed by atoms with Crippen LogP contribution in [0.2, 0.25) is 0 Å². The van der Waals surface area contributed by atoms with Crippen LogP contribution in [-0.4, -0.2) is 35.4 Å². The van der Waals surface area contributed by atoms with Crippen LogP contribution in [0.4, 0.5) is 0 Å². The fourth-order valence-corrected chi connectivity index (χ4v) is 0.281. The molecule has 0 bridgehead atoms. The number of hydrogen-bond donors (Lipinski definition) is 2. The van der Waals surface area contributed by atoms with Gasteiger partial charge >= 0.3 is 11.9 Å². The topological polar surface area (TPSA) is 83.8 Å². The fourth-order valence-electron chi connectivity index (χ4n) is 0.281. The lowest BCUT2D eigenvalue weighted by molar-refractivity contribution is -0.157. The Labute approximate surface area is 63.6 Å². The van der Waals surface area contributed by atoms with Crippen LogP contribution in [0.3, 0.4) is 0 Å². The number of carboxylic acids is 1. The number of ether oxygens (including phenoxy) is 1. The van der Waals surface area contributed by atoms with E-state index in [2.05, 4.69) is 4.74 Å². The molecule has 64 valence electrons. The monoisotopic (exact) mass is 162 g/mol. The summed E-state index contributed by atoms with van der Waals surface area (Å²) in [5, 5.41) is 15.6. The molecule has 2 N–H and O–H groups in total. The highest BCUT2D eigenvalue weighted by Crippen LogP contribution is 1.97. The lowest BCUT2D eigenvalue weighted by atomic mass is 10.4. The van der Waals surface area contributed by atoms with E-state index in [1.807, 2.05) is 0 Å². The zero-order valence-corrected chi connectivity index (χ0v) is 5.95. The van der Waals surface area contributed by atoms with Crippen molar-refractivity contribution in [2.75, 3.05) is 13.2 Å². The Morgan fingerprint density at radius 3 is 2.09 bits per heavy atom. The lowest BCUT2D eigenvalue weighted by Gasteiger charge is -2.09. The first-order valence-electron chi connectivity index (χ1n) is 3.15. The predicted octanol–water partition coefficient (Wildman–Crippen LogP) is -0.613. The van der Waals surface area contributed by atoms with Gasteiger partial charge in [-0.1, -0.05) is 0 Å². The van der Waals surface area contributed by atoms with E-state index < -0.39 is 5.97 Å². The van der Waals surface area contributed by atoms with Crippen LogP contribution in [0, 0.1) is 0 Å². The molecule has 0 amide bonds. The molecule has 0 atom stereocenters. The van der Waals surface area contributed by atoms with Gasteiger partial charge in [0.15, 0.2) is 0 Å². The Morgan fingerprint density at radius 1 is 1.64 bits per heavy atom. The first-order valence-corrected chi connectivity index (χ1v) is 3.15. The summed E-state index contributed by atoms with van der Waals surface area (Å²) in [5.74, 6) is -1.03. The third-order valence-corrected chi connectivity index (χ3v) is 0.895. The van der Waals surface area contributed by atoms with E-state index in [1.165, 1.54) is 0 Å². The van der Waals surface area contributed by atoms with Crippen molar-refractivity contribution in [1.29, 1.82) is 0 Å². The number of cyclic esters (lactones) is 1. The number of rotatable bonds is 2. The molecule has 0 radical (unpaired) electrons. The zero-order chi connectivity index (χ0) is 8.69. The molecular formula is C6H10O5. The van der Waals surface area contributed by atoms with Gasteiger partial charge in [-0.25, -0.2) is 0 Å². The first kappa shape index (κ1) is 9.90. The molecular weight excluding hydrogens is 152 g/mol. The third kappa shape index (κ3) is 6.79. The number of aliphatic hydroxyl groups is 1. The van der Waals surface area contributed by atoms with Gasteiger partial charge in [0, 0.05) is 0 Å². The molecule has 1 rings (SSSR count). The van der Waals surface area contributed by atoms with Crippen LogP contribution >= 0.6 is 0 Å². The average molecular weight is 162 g/mol. The Balaban J connectivity index is 0.000000183. The van der Waals surface area contributed by atoms with Crippen LogP contribution in [-0.2, 0) is 14.3 Å². The van der Waals surface area contributed by atoms with Crippen molar-refractivity contribution >= 4 is 11.9 Å². The van der Waals surface area contributed by atoms with Gasteiger partial charge in [0.25, 0.3) is 0 Å². The van der Waals surface area contributed by atoms with E-state index in [-0.39, 0.29) is 19.0 Å². The van der Waals surface area contributed by atoms with Crippen LogP contribution in [0.1, 0.15) is 12.8 Å². The smallest absolute Gasteiger partial charge is 0.309 e. The molecule has 0 spiro atoms. The fraction of sp³-hybridized carbons (Fsp3) is 0.667. The van der Waals surface area contributed by atoms with Crippen molar-refractivity contribution < 1.29 is 24.5 Å². The van der Waals surface area contributed by atoms with E-state index in [4.69, 9.17) is 10.2 Å². The number of aliphatic carboxylic acids is 1. The van der Waals surface area contributed by atoms with Crippen LogP contribution in [0.25, 0.3) is 0 Å². The Hall–Kier alpha value is -1.10. The van der Waals surface area contributed by atoms with Crippen molar-refractivity contribution in [2.24, 2.45) is 0 Å². The van der Waals surface area contributed by atoms with E-state index in [0.717, 1.165) is 0 Å². The number of carboxylic acid groups (broad SMARTS) is 1. The number of carbonyl (C=O) groups excluding carboxylic acids is 1. The summed E-state index contributed by atoms with van der Waals surface area (Å²) in [4.78, 5) is 19.1. The van der Waals surface area contributed by atoms with E-state index in [0.29, 0.717) is 13.0 Å². The highest BCUT2D eigenvalue weighted by molar-refractivity contribution is 5.73. The molecule has 0 aromatic carbocycles. The number of hydrogen-bond acceptors (Lipinski definition) is 4. The summed E-state index contributed by atoms with van der Waals surface area (Å²) in [6, 6.07) is 0. The SMILES string of the molecule is O=C(O)CCO.O=C1CCO1. The van der Waals surface area contributed by atoms with Crippen molar-refractivity contribution in [1.82, 2.24) is 0 Å². The highest BCUT2D eigenvalue weighted by Gasteiger charge is 2.10. The second-order valence-electron chi connectivity index (χ2n) is 1.84. The van der Waals surface area contributed by atoms with Gasteiger partial charge in [-0.2, -0.15) is 0 Å². The summed E-state index contributed by atoms with van der Waals surface area (Å²) in [6.07, 6.45) is 0.472. The Kier molecular flexibility index (Phi) is 5.10. The average Bonchev–Trinajstić information content (AvgIpc) is 1.85. The number of esters is 1. The maximum Gasteiger partial charge on any atom is 0.309 e. The van der Waals surface area contributed by atoms with Crippen molar-refractivity contribution in [2.45, 2.75) is 12.8 Å². The van der Waals surface area contributed by atoms with Crippen LogP contribution in [0.15, 0.2) is 0 Å². The third-order valence-electron chi connectivity index (χ3n) is 0.895. The Bertz CT molecular complexity index is 136. The largest absolute Gasteiger partial charge is 0.481 e. The summed E-state index contributed by atoms with van der Waals surface area (Å²) < 4.78 is 4.29. The molecule has 5 heteroatoms. The van der Waals surface area contributed by atoms with Crippen molar-refractivity contribution in [3.8, 4) is 0 Å². The summed E-state index contributed by atoms with van der Waals surface area (Å²) >= 11 is 0. The second kappa shape index (κ2) is 5.67. The predicted molar refractivity (Wildman–Crippen MR) is 34.9 cm³/mol. The first-order chi connectivity index (χ1) is 5.16. The normalized spacial score (nSPS) is 13.7. The number of carbonyl (C=O) groups is 2. The van der Waals surface area contributed by atoms with E-state index in [1.54, 1.807) is 0 Å². The van der Waals surface area contributed by atoms with Gasteiger partial charge in [0.2, 0.25) is 0 Å². The van der Waals surface area contributed by atoms with Gasteiger partial charge in [-0.15, -0.1) is 0 Å². The molecule has 1 aliphatic heterocycles. The minimum atomic E-state index is -0.961. The summed E-state index contributed by atoms with van der Waals surface area (Å²) in [7, 11) is 0. The quantitative estimate of drug-likeness (QED) is 0.529. The summed E-state index contributed by atoms with van der Waals surface area (Å²) in [5.41, 5.74) is 0. The highest BCUT2D eigenvalue weighted by atomic mass is 16.6. The molecule has 1 saturated heterocycles. The minimum Gasteiger partial charge on any atom is -0.481 e. The number of aliphatic hydroxyl groups excluding tert-OH is 1. The molecule has 1 fully saturated rings. The summed E-state index contributed by atoms with van der Waals surface area (Å²) in [6.45, 7) is 0.369. The van der Waals surface area contributed by atoms with Crippen LogP contribution in [0.5, 0.6) is 0 Å². The molecule has 1 heterocycles. The molecule has 0 unspecified atom stereocenters. The van der Waals surface area contributed by atoms with Crippen molar-refractivity contribution in [3.05, 3.63) is 0 Å². The van der Waals surface area contributed by atoms with Gasteiger partial charge in [-0.3, -0.25) is 9.59 Å². The molecule has 0 saturated carbocycles.